The van der Waals surface area contributed by atoms with Crippen molar-refractivity contribution in [2.75, 3.05) is 13.1 Å². The van der Waals surface area contributed by atoms with Crippen molar-refractivity contribution >= 4 is 23.4 Å². The molecule has 0 unspecified atom stereocenters. The van der Waals surface area contributed by atoms with E-state index in [1.807, 2.05) is 29.2 Å². The van der Waals surface area contributed by atoms with Gasteiger partial charge in [-0.05, 0) is 43.2 Å². The van der Waals surface area contributed by atoms with Crippen molar-refractivity contribution in [2.24, 2.45) is 0 Å². The second kappa shape index (κ2) is 9.66. The summed E-state index contributed by atoms with van der Waals surface area (Å²) in [6.45, 7) is 0.948. The number of amides is 2. The summed E-state index contributed by atoms with van der Waals surface area (Å²) < 4.78 is 0. The summed E-state index contributed by atoms with van der Waals surface area (Å²) in [5, 5.41) is 3.40. The van der Waals surface area contributed by atoms with Gasteiger partial charge in [0.15, 0.2) is 5.82 Å². The first-order valence-electron chi connectivity index (χ1n) is 10.2. The first-order chi connectivity index (χ1) is 15.1. The van der Waals surface area contributed by atoms with E-state index in [4.69, 9.17) is 16.6 Å². The molecule has 0 bridgehead atoms. The molecule has 0 saturated carbocycles. The van der Waals surface area contributed by atoms with E-state index in [1.54, 1.807) is 30.6 Å². The van der Waals surface area contributed by atoms with E-state index in [0.29, 0.717) is 23.0 Å². The van der Waals surface area contributed by atoms with Gasteiger partial charge in [0, 0.05) is 48.7 Å². The van der Waals surface area contributed by atoms with Crippen LogP contribution in [0.2, 0.25) is 5.02 Å². The Morgan fingerprint density at radius 1 is 1.16 bits per heavy atom. The molecule has 8 heteroatoms. The molecule has 3 aromatic rings. The molecule has 2 amide bonds. The maximum absolute atomic E-state index is 12.8. The standard InChI is InChI=1S/C23H22ClN5O2/c24-18-6-1-4-16(14-18)22-26-11-8-19(28-22)20-7-3-13-29(20)21(30)9-12-27-23(31)17-5-2-10-25-15-17/h1-2,4-6,8,10-11,14-15,20H,3,7,9,12-13H2,(H,27,31)/t20-/m1/s1. The highest BCUT2D eigenvalue weighted by molar-refractivity contribution is 6.30. The Kier molecular flexibility index (Phi) is 6.52. The van der Waals surface area contributed by atoms with Gasteiger partial charge < -0.3 is 10.2 Å². The maximum atomic E-state index is 12.8. The maximum Gasteiger partial charge on any atom is 0.252 e. The van der Waals surface area contributed by atoms with Crippen molar-refractivity contribution in [1.82, 2.24) is 25.2 Å². The van der Waals surface area contributed by atoms with E-state index in [-0.39, 0.29) is 30.8 Å². The Labute approximate surface area is 185 Å². The van der Waals surface area contributed by atoms with Gasteiger partial charge in [0.25, 0.3) is 5.91 Å². The van der Waals surface area contributed by atoms with E-state index in [0.717, 1.165) is 24.1 Å². The Morgan fingerprint density at radius 2 is 2.06 bits per heavy atom. The molecule has 4 rings (SSSR count). The molecule has 2 aromatic heterocycles. The third-order valence-electron chi connectivity index (χ3n) is 5.22. The highest BCUT2D eigenvalue weighted by Gasteiger charge is 2.31. The molecule has 1 aromatic carbocycles. The van der Waals surface area contributed by atoms with E-state index in [9.17, 15) is 9.59 Å². The van der Waals surface area contributed by atoms with Crippen LogP contribution in [-0.4, -0.2) is 44.8 Å². The van der Waals surface area contributed by atoms with Gasteiger partial charge in [0.1, 0.15) is 0 Å². The Balaban J connectivity index is 1.40. The van der Waals surface area contributed by atoms with Crippen LogP contribution < -0.4 is 5.32 Å². The number of pyridine rings is 1. The normalized spacial score (nSPS) is 15.6. The topological polar surface area (TPSA) is 88.1 Å². The third kappa shape index (κ3) is 5.06. The number of nitrogens with one attached hydrogen (secondary N) is 1. The van der Waals surface area contributed by atoms with Crippen LogP contribution in [0.15, 0.2) is 61.1 Å². The van der Waals surface area contributed by atoms with E-state index >= 15 is 0 Å². The molecule has 1 aliphatic rings. The number of rotatable bonds is 6. The zero-order chi connectivity index (χ0) is 21.6. The molecule has 31 heavy (non-hydrogen) atoms. The Morgan fingerprint density at radius 3 is 2.87 bits per heavy atom. The lowest BCUT2D eigenvalue weighted by Crippen LogP contribution is -2.34. The summed E-state index contributed by atoms with van der Waals surface area (Å²) in [4.78, 5) is 39.8. The minimum atomic E-state index is -0.235. The molecular formula is C23H22ClN5O2. The number of carbonyl (C=O) groups excluding carboxylic acids is 2. The van der Waals surface area contributed by atoms with Crippen molar-refractivity contribution in [2.45, 2.75) is 25.3 Å². The summed E-state index contributed by atoms with van der Waals surface area (Å²) in [7, 11) is 0. The summed E-state index contributed by atoms with van der Waals surface area (Å²) in [5.41, 5.74) is 2.13. The molecule has 3 heterocycles. The van der Waals surface area contributed by atoms with Gasteiger partial charge in [0.05, 0.1) is 17.3 Å². The van der Waals surface area contributed by atoms with Crippen LogP contribution in [0, 0.1) is 0 Å². The summed E-state index contributed by atoms with van der Waals surface area (Å²) in [6, 6.07) is 12.5. The number of benzene rings is 1. The van der Waals surface area contributed by atoms with Crippen molar-refractivity contribution < 1.29 is 9.59 Å². The molecule has 1 saturated heterocycles. The van der Waals surface area contributed by atoms with Crippen molar-refractivity contribution in [3.8, 4) is 11.4 Å². The lowest BCUT2D eigenvalue weighted by atomic mass is 10.1. The number of halogens is 1. The number of likely N-dealkylation sites (tertiary alicyclic amines) is 1. The first kappa shape index (κ1) is 20.9. The fourth-order valence-electron chi connectivity index (χ4n) is 3.72. The smallest absolute Gasteiger partial charge is 0.252 e. The monoisotopic (exact) mass is 435 g/mol. The zero-order valence-corrected chi connectivity index (χ0v) is 17.6. The molecule has 0 spiro atoms. The van der Waals surface area contributed by atoms with E-state index in [2.05, 4.69) is 15.3 Å². The largest absolute Gasteiger partial charge is 0.351 e. The Hall–Kier alpha value is -3.32. The van der Waals surface area contributed by atoms with Crippen LogP contribution in [0.1, 0.15) is 41.4 Å². The summed E-state index contributed by atoms with van der Waals surface area (Å²) >= 11 is 6.09. The van der Waals surface area contributed by atoms with Crippen molar-refractivity contribution in [3.05, 3.63) is 77.3 Å². The second-order valence-electron chi connectivity index (χ2n) is 7.31. The summed E-state index contributed by atoms with van der Waals surface area (Å²) in [5.74, 6) is 0.348. The van der Waals surface area contributed by atoms with Gasteiger partial charge in [-0.3, -0.25) is 14.6 Å². The second-order valence-corrected chi connectivity index (χ2v) is 7.74. The predicted molar refractivity (Wildman–Crippen MR) is 117 cm³/mol. The van der Waals surface area contributed by atoms with Crippen LogP contribution in [0.3, 0.4) is 0 Å². The molecule has 158 valence electrons. The fourth-order valence-corrected chi connectivity index (χ4v) is 3.91. The lowest BCUT2D eigenvalue weighted by Gasteiger charge is -2.24. The molecule has 1 aliphatic heterocycles. The SMILES string of the molecule is O=C(NCCC(=O)N1CCC[C@@H]1c1ccnc(-c2cccc(Cl)c2)n1)c1cccnc1. The Bertz CT molecular complexity index is 1080. The van der Waals surface area contributed by atoms with E-state index in [1.165, 1.54) is 6.20 Å². The van der Waals surface area contributed by atoms with Crippen LogP contribution in [-0.2, 0) is 4.79 Å². The molecule has 7 nitrogen and oxygen atoms in total. The number of nitrogens with zero attached hydrogens (tertiary/aromatic N) is 4. The van der Waals surface area contributed by atoms with Gasteiger partial charge in [-0.1, -0.05) is 23.7 Å². The molecule has 0 radical (unpaired) electrons. The van der Waals surface area contributed by atoms with Crippen LogP contribution in [0.4, 0.5) is 0 Å². The lowest BCUT2D eigenvalue weighted by molar-refractivity contribution is -0.132. The van der Waals surface area contributed by atoms with Gasteiger partial charge in [-0.15, -0.1) is 0 Å². The quantitative estimate of drug-likeness (QED) is 0.638. The highest BCUT2D eigenvalue weighted by Crippen LogP contribution is 2.32. The number of hydrogen-bond acceptors (Lipinski definition) is 5. The molecule has 1 N–H and O–H groups in total. The summed E-state index contributed by atoms with van der Waals surface area (Å²) in [6.07, 6.45) is 6.82. The van der Waals surface area contributed by atoms with Crippen LogP contribution >= 0.6 is 11.6 Å². The van der Waals surface area contributed by atoms with Gasteiger partial charge >= 0.3 is 0 Å². The van der Waals surface area contributed by atoms with Crippen LogP contribution in [0.5, 0.6) is 0 Å². The predicted octanol–water partition coefficient (Wildman–Crippen LogP) is 3.68. The van der Waals surface area contributed by atoms with Crippen LogP contribution in [0.25, 0.3) is 11.4 Å². The molecule has 0 aliphatic carbocycles. The minimum absolute atomic E-state index is 0.00287. The number of hydrogen-bond donors (Lipinski definition) is 1. The number of aromatic nitrogens is 3. The van der Waals surface area contributed by atoms with Gasteiger partial charge in [-0.25, -0.2) is 9.97 Å². The molecule has 1 atom stereocenters. The zero-order valence-electron chi connectivity index (χ0n) is 16.9. The number of carbonyl (C=O) groups is 2. The first-order valence-corrected chi connectivity index (χ1v) is 10.6. The van der Waals surface area contributed by atoms with Gasteiger partial charge in [0.2, 0.25) is 5.91 Å². The third-order valence-corrected chi connectivity index (χ3v) is 5.46. The molecular weight excluding hydrogens is 414 g/mol. The van der Waals surface area contributed by atoms with Crippen molar-refractivity contribution in [3.63, 3.8) is 0 Å². The average Bonchev–Trinajstić information content (AvgIpc) is 3.30. The highest BCUT2D eigenvalue weighted by atomic mass is 35.5. The minimum Gasteiger partial charge on any atom is -0.351 e. The average molecular weight is 436 g/mol. The fraction of sp³-hybridized carbons (Fsp3) is 0.261. The van der Waals surface area contributed by atoms with E-state index < -0.39 is 0 Å². The van der Waals surface area contributed by atoms with Gasteiger partial charge in [-0.2, -0.15) is 0 Å². The molecule has 1 fully saturated rings. The van der Waals surface area contributed by atoms with Crippen molar-refractivity contribution in [1.29, 1.82) is 0 Å².